The van der Waals surface area contributed by atoms with E-state index in [4.69, 9.17) is 0 Å². The third-order valence-electron chi connectivity index (χ3n) is 3.01. The highest BCUT2D eigenvalue weighted by Crippen LogP contribution is 2.31. The normalized spacial score (nSPS) is 11.6. The molecular formula is C15H19N5O2S2. The highest BCUT2D eigenvalue weighted by atomic mass is 32.2. The average molecular weight is 365 g/mol. The Morgan fingerprint density at radius 1 is 1.29 bits per heavy atom. The van der Waals surface area contributed by atoms with Crippen molar-refractivity contribution in [2.45, 2.75) is 30.4 Å². The van der Waals surface area contributed by atoms with Gasteiger partial charge in [-0.2, -0.15) is 0 Å². The first-order valence-electron chi connectivity index (χ1n) is 7.41. The molecule has 3 amide bonds. The topological polar surface area (TPSA) is 96.0 Å². The summed E-state index contributed by atoms with van der Waals surface area (Å²) in [6.45, 7) is 5.97. The molecule has 7 nitrogen and oxygen atoms in total. The molecule has 24 heavy (non-hydrogen) atoms. The number of nitrogens with zero attached hydrogens (tertiary/aromatic N) is 2. The van der Waals surface area contributed by atoms with E-state index in [2.05, 4.69) is 26.1 Å². The second kappa shape index (κ2) is 8.65. The summed E-state index contributed by atoms with van der Waals surface area (Å²) >= 11 is 2.62. The van der Waals surface area contributed by atoms with Gasteiger partial charge in [-0.15, -0.1) is 10.2 Å². The zero-order chi connectivity index (χ0) is 17.5. The Bertz CT molecular complexity index is 719. The number of thioether (sulfide) groups is 1. The van der Waals surface area contributed by atoms with Crippen molar-refractivity contribution in [1.29, 1.82) is 0 Å². The van der Waals surface area contributed by atoms with Gasteiger partial charge in [-0.1, -0.05) is 41.3 Å². The number of carbonyl (C=O) groups excluding carboxylic acids is 2. The number of carbonyl (C=O) groups is 2. The van der Waals surface area contributed by atoms with Crippen LogP contribution in [0, 0.1) is 6.92 Å². The molecule has 1 aromatic heterocycles. The number of nitrogens with one attached hydrogen (secondary N) is 3. The Morgan fingerprint density at radius 3 is 2.75 bits per heavy atom. The summed E-state index contributed by atoms with van der Waals surface area (Å²) in [5.74, 6) is -0.366. The average Bonchev–Trinajstić information content (AvgIpc) is 2.97. The van der Waals surface area contributed by atoms with Crippen LogP contribution in [0.2, 0.25) is 0 Å². The highest BCUT2D eigenvalue weighted by Gasteiger charge is 2.19. The molecule has 0 fully saturated rings. The van der Waals surface area contributed by atoms with E-state index in [9.17, 15) is 9.59 Å². The molecule has 0 saturated heterocycles. The minimum atomic E-state index is -0.492. The number of rotatable bonds is 6. The first-order valence-corrected chi connectivity index (χ1v) is 9.10. The summed E-state index contributed by atoms with van der Waals surface area (Å²) in [6, 6.07) is 7.39. The molecule has 1 atom stereocenters. The van der Waals surface area contributed by atoms with E-state index in [1.807, 2.05) is 31.2 Å². The molecule has 1 heterocycles. The molecule has 0 aliphatic heterocycles. The number of anilines is 2. The van der Waals surface area contributed by atoms with Crippen LogP contribution in [0.3, 0.4) is 0 Å². The molecule has 2 aromatic rings. The number of hydrogen-bond donors (Lipinski definition) is 3. The maximum atomic E-state index is 11.9. The van der Waals surface area contributed by atoms with Crippen LogP contribution in [0.5, 0.6) is 0 Å². The summed E-state index contributed by atoms with van der Waals surface area (Å²) < 4.78 is 0.657. The number of hydrogen-bond acceptors (Lipinski definition) is 7. The van der Waals surface area contributed by atoms with Gasteiger partial charge in [0, 0.05) is 12.2 Å². The Hall–Kier alpha value is -2.13. The van der Waals surface area contributed by atoms with Gasteiger partial charge in [0.15, 0.2) is 4.34 Å². The molecule has 0 saturated carbocycles. The minimum absolute atomic E-state index is 0.366. The molecule has 1 aromatic carbocycles. The van der Waals surface area contributed by atoms with Crippen LogP contribution < -0.4 is 16.0 Å². The van der Waals surface area contributed by atoms with E-state index in [0.717, 1.165) is 11.3 Å². The van der Waals surface area contributed by atoms with Crippen LogP contribution in [-0.2, 0) is 4.79 Å². The lowest BCUT2D eigenvalue weighted by Gasteiger charge is -2.09. The van der Waals surface area contributed by atoms with E-state index < -0.39 is 11.3 Å². The summed E-state index contributed by atoms with van der Waals surface area (Å²) in [5.41, 5.74) is 2.07. The van der Waals surface area contributed by atoms with Crippen molar-refractivity contribution >= 4 is 45.9 Å². The Morgan fingerprint density at radius 2 is 2.04 bits per heavy atom. The molecule has 128 valence electrons. The molecule has 0 unspecified atom stereocenters. The van der Waals surface area contributed by atoms with E-state index in [1.165, 1.54) is 23.1 Å². The quantitative estimate of drug-likeness (QED) is 0.681. The standard InChI is InChI=1S/C15H19N5O2S2/c1-4-16-13(22)18-12(21)10(3)23-15-20-19-14(24-15)17-11-8-6-5-7-9(11)2/h5-8,10H,4H2,1-3H3,(H,17,19)(H2,16,18,21,22)/t10-/m0/s1. The highest BCUT2D eigenvalue weighted by molar-refractivity contribution is 8.02. The molecule has 0 aliphatic carbocycles. The SMILES string of the molecule is CCNC(=O)NC(=O)[C@H](C)Sc1nnc(Nc2ccccc2C)s1. The number of aromatic nitrogens is 2. The van der Waals surface area contributed by atoms with Gasteiger partial charge in [0.2, 0.25) is 11.0 Å². The van der Waals surface area contributed by atoms with Crippen LogP contribution in [0.4, 0.5) is 15.6 Å². The fraction of sp³-hybridized carbons (Fsp3) is 0.333. The van der Waals surface area contributed by atoms with E-state index in [-0.39, 0.29) is 5.91 Å². The smallest absolute Gasteiger partial charge is 0.321 e. The number of benzene rings is 1. The molecule has 0 bridgehead atoms. The summed E-state index contributed by atoms with van der Waals surface area (Å²) in [7, 11) is 0. The summed E-state index contributed by atoms with van der Waals surface area (Å²) in [6.07, 6.45) is 0. The Labute approximate surface area is 148 Å². The molecule has 0 aliphatic rings. The van der Waals surface area contributed by atoms with Gasteiger partial charge < -0.3 is 10.6 Å². The number of aryl methyl sites for hydroxylation is 1. The fourth-order valence-corrected chi connectivity index (χ4v) is 3.67. The lowest BCUT2D eigenvalue weighted by atomic mass is 10.2. The fourth-order valence-electron chi connectivity index (χ4n) is 1.76. The first-order chi connectivity index (χ1) is 11.5. The monoisotopic (exact) mass is 365 g/mol. The largest absolute Gasteiger partial charge is 0.338 e. The first kappa shape index (κ1) is 18.2. The van der Waals surface area contributed by atoms with Gasteiger partial charge in [-0.25, -0.2) is 4.79 Å². The van der Waals surface area contributed by atoms with Crippen molar-refractivity contribution in [1.82, 2.24) is 20.8 Å². The molecular weight excluding hydrogens is 346 g/mol. The lowest BCUT2D eigenvalue weighted by Crippen LogP contribution is -2.42. The Balaban J connectivity index is 1.92. The maximum Gasteiger partial charge on any atom is 0.321 e. The molecule has 0 spiro atoms. The van der Waals surface area contributed by atoms with Crippen molar-refractivity contribution in [3.63, 3.8) is 0 Å². The van der Waals surface area contributed by atoms with Gasteiger partial charge >= 0.3 is 6.03 Å². The molecule has 9 heteroatoms. The zero-order valence-electron chi connectivity index (χ0n) is 13.6. The lowest BCUT2D eigenvalue weighted by molar-refractivity contribution is -0.119. The molecule has 3 N–H and O–H groups in total. The third kappa shape index (κ3) is 5.20. The van der Waals surface area contributed by atoms with Gasteiger partial charge in [0.25, 0.3) is 0 Å². The van der Waals surface area contributed by atoms with Crippen LogP contribution in [0.25, 0.3) is 0 Å². The zero-order valence-corrected chi connectivity index (χ0v) is 15.3. The van der Waals surface area contributed by atoms with Gasteiger partial charge in [-0.05, 0) is 32.4 Å². The number of amides is 3. The van der Waals surface area contributed by atoms with E-state index >= 15 is 0 Å². The van der Waals surface area contributed by atoms with E-state index in [0.29, 0.717) is 16.0 Å². The van der Waals surface area contributed by atoms with Gasteiger partial charge in [-0.3, -0.25) is 10.1 Å². The van der Waals surface area contributed by atoms with Crippen molar-refractivity contribution in [2.75, 3.05) is 11.9 Å². The number of imide groups is 1. The van der Waals surface area contributed by atoms with Crippen molar-refractivity contribution in [2.24, 2.45) is 0 Å². The van der Waals surface area contributed by atoms with Gasteiger partial charge in [0.05, 0.1) is 5.25 Å². The maximum absolute atomic E-state index is 11.9. The third-order valence-corrected chi connectivity index (χ3v) is 5.04. The Kier molecular flexibility index (Phi) is 6.56. The van der Waals surface area contributed by atoms with Crippen LogP contribution in [0.15, 0.2) is 28.6 Å². The second-order valence-corrected chi connectivity index (χ2v) is 7.49. The predicted octanol–water partition coefficient (Wildman–Crippen LogP) is 2.92. The second-order valence-electron chi connectivity index (χ2n) is 4.92. The van der Waals surface area contributed by atoms with Crippen LogP contribution in [-0.4, -0.2) is 33.9 Å². The van der Waals surface area contributed by atoms with Crippen molar-refractivity contribution in [3.8, 4) is 0 Å². The van der Waals surface area contributed by atoms with E-state index in [1.54, 1.807) is 13.8 Å². The molecule has 2 rings (SSSR count). The van der Waals surface area contributed by atoms with Gasteiger partial charge in [0.1, 0.15) is 0 Å². The van der Waals surface area contributed by atoms with Crippen molar-refractivity contribution in [3.05, 3.63) is 29.8 Å². The minimum Gasteiger partial charge on any atom is -0.338 e. The molecule has 0 radical (unpaired) electrons. The number of urea groups is 1. The van der Waals surface area contributed by atoms with Crippen LogP contribution >= 0.6 is 23.1 Å². The van der Waals surface area contributed by atoms with Crippen LogP contribution in [0.1, 0.15) is 19.4 Å². The predicted molar refractivity (Wildman–Crippen MR) is 96.9 cm³/mol. The van der Waals surface area contributed by atoms with Crippen molar-refractivity contribution < 1.29 is 9.59 Å². The number of para-hydroxylation sites is 1. The summed E-state index contributed by atoms with van der Waals surface area (Å²) in [4.78, 5) is 23.3. The summed E-state index contributed by atoms with van der Waals surface area (Å²) in [5, 5.41) is 16.4.